The Morgan fingerprint density at radius 3 is 2.68 bits per heavy atom. The van der Waals surface area contributed by atoms with E-state index in [1.165, 1.54) is 24.8 Å². The SMILES string of the molecule is CC(CC1CC1)NC(CC(N)=NO)c1ccccc1. The number of rotatable bonds is 7. The molecule has 0 radical (unpaired) electrons. The molecule has 1 aromatic carbocycles. The fourth-order valence-corrected chi connectivity index (χ4v) is 2.47. The van der Waals surface area contributed by atoms with Crippen molar-refractivity contribution in [2.24, 2.45) is 16.8 Å². The minimum absolute atomic E-state index is 0.103. The minimum atomic E-state index is 0.103. The monoisotopic (exact) mass is 261 g/mol. The van der Waals surface area contributed by atoms with Crippen LogP contribution in [0.25, 0.3) is 0 Å². The quantitative estimate of drug-likeness (QED) is 0.306. The smallest absolute Gasteiger partial charge is 0.141 e. The molecule has 0 aromatic heterocycles. The van der Waals surface area contributed by atoms with Gasteiger partial charge in [0.1, 0.15) is 5.84 Å². The van der Waals surface area contributed by atoms with Gasteiger partial charge in [-0.05, 0) is 24.8 Å². The van der Waals surface area contributed by atoms with Gasteiger partial charge in [0.05, 0.1) is 0 Å². The van der Waals surface area contributed by atoms with E-state index in [1.54, 1.807) is 0 Å². The summed E-state index contributed by atoms with van der Waals surface area (Å²) in [6, 6.07) is 10.7. The standard InChI is InChI=1S/C15H23N3O/c1-11(9-12-7-8-12)17-14(10-15(16)18-19)13-5-3-2-4-6-13/h2-6,11-12,14,17,19H,7-10H2,1H3,(H2,16,18). The molecule has 104 valence electrons. The normalized spacial score (nSPS) is 19.1. The van der Waals surface area contributed by atoms with Gasteiger partial charge in [0.25, 0.3) is 0 Å². The summed E-state index contributed by atoms with van der Waals surface area (Å²) in [4.78, 5) is 0. The third kappa shape index (κ3) is 4.56. The van der Waals surface area contributed by atoms with E-state index in [0.717, 1.165) is 5.92 Å². The molecule has 4 nitrogen and oxygen atoms in total. The molecule has 2 rings (SSSR count). The number of hydrogen-bond donors (Lipinski definition) is 3. The molecular weight excluding hydrogens is 238 g/mol. The van der Waals surface area contributed by atoms with E-state index < -0.39 is 0 Å². The summed E-state index contributed by atoms with van der Waals surface area (Å²) in [7, 11) is 0. The lowest BCUT2D eigenvalue weighted by atomic mass is 10.0. The third-order valence-corrected chi connectivity index (χ3v) is 3.61. The van der Waals surface area contributed by atoms with Crippen LogP contribution in [0.15, 0.2) is 35.5 Å². The first-order chi connectivity index (χ1) is 9.19. The zero-order valence-corrected chi connectivity index (χ0v) is 11.4. The van der Waals surface area contributed by atoms with E-state index in [0.29, 0.717) is 12.5 Å². The molecule has 0 amide bonds. The summed E-state index contributed by atoms with van der Waals surface area (Å²) in [5.41, 5.74) is 6.84. The van der Waals surface area contributed by atoms with Crippen LogP contribution in [0, 0.1) is 5.92 Å². The maximum atomic E-state index is 8.76. The summed E-state index contributed by atoms with van der Waals surface area (Å²) < 4.78 is 0. The van der Waals surface area contributed by atoms with Crippen LogP contribution in [0.2, 0.25) is 0 Å². The molecule has 2 unspecified atom stereocenters. The van der Waals surface area contributed by atoms with Gasteiger partial charge in [0, 0.05) is 18.5 Å². The first-order valence-corrected chi connectivity index (χ1v) is 6.96. The summed E-state index contributed by atoms with van der Waals surface area (Å²) in [5.74, 6) is 1.16. The fourth-order valence-electron chi connectivity index (χ4n) is 2.47. The number of hydrogen-bond acceptors (Lipinski definition) is 3. The number of amidine groups is 1. The average molecular weight is 261 g/mol. The van der Waals surface area contributed by atoms with E-state index in [9.17, 15) is 0 Å². The lowest BCUT2D eigenvalue weighted by Crippen LogP contribution is -2.33. The lowest BCUT2D eigenvalue weighted by molar-refractivity contribution is 0.315. The molecule has 1 aliphatic carbocycles. The van der Waals surface area contributed by atoms with Crippen molar-refractivity contribution in [2.75, 3.05) is 0 Å². The number of oxime groups is 1. The van der Waals surface area contributed by atoms with Crippen LogP contribution in [0.5, 0.6) is 0 Å². The van der Waals surface area contributed by atoms with E-state index >= 15 is 0 Å². The molecule has 0 saturated heterocycles. The molecule has 4 N–H and O–H groups in total. The van der Waals surface area contributed by atoms with E-state index in [1.807, 2.05) is 18.2 Å². The highest BCUT2D eigenvalue weighted by atomic mass is 16.4. The van der Waals surface area contributed by atoms with Crippen molar-refractivity contribution in [1.29, 1.82) is 0 Å². The Hall–Kier alpha value is -1.55. The molecule has 0 aliphatic heterocycles. The highest BCUT2D eigenvalue weighted by molar-refractivity contribution is 5.80. The van der Waals surface area contributed by atoms with Crippen molar-refractivity contribution in [3.05, 3.63) is 35.9 Å². The Balaban J connectivity index is 2.00. The van der Waals surface area contributed by atoms with Crippen molar-refractivity contribution in [2.45, 2.75) is 44.7 Å². The molecule has 1 fully saturated rings. The Morgan fingerprint density at radius 2 is 2.11 bits per heavy atom. The summed E-state index contributed by atoms with van der Waals surface area (Å²) in [6.45, 7) is 2.21. The van der Waals surface area contributed by atoms with Gasteiger partial charge in [-0.25, -0.2) is 0 Å². The molecule has 1 saturated carbocycles. The maximum absolute atomic E-state index is 8.76. The predicted molar refractivity (Wildman–Crippen MR) is 77.1 cm³/mol. The fraction of sp³-hybridized carbons (Fsp3) is 0.533. The van der Waals surface area contributed by atoms with Crippen LogP contribution in [-0.4, -0.2) is 17.1 Å². The Bertz CT molecular complexity index is 415. The first-order valence-electron chi connectivity index (χ1n) is 6.96. The number of benzene rings is 1. The van der Waals surface area contributed by atoms with Gasteiger partial charge in [0.15, 0.2) is 0 Å². The lowest BCUT2D eigenvalue weighted by Gasteiger charge is -2.23. The maximum Gasteiger partial charge on any atom is 0.141 e. The highest BCUT2D eigenvalue weighted by Gasteiger charge is 2.25. The molecule has 1 aliphatic rings. The predicted octanol–water partition coefficient (Wildman–Crippen LogP) is 2.64. The van der Waals surface area contributed by atoms with Crippen molar-refractivity contribution in [3.63, 3.8) is 0 Å². The number of nitrogens with one attached hydrogen (secondary N) is 1. The second-order valence-electron chi connectivity index (χ2n) is 5.51. The van der Waals surface area contributed by atoms with Gasteiger partial charge in [-0.15, -0.1) is 0 Å². The Labute approximate surface area is 114 Å². The molecule has 4 heteroatoms. The topological polar surface area (TPSA) is 70.6 Å². The Kier molecular flexibility index (Phi) is 4.80. The van der Waals surface area contributed by atoms with Crippen LogP contribution in [-0.2, 0) is 0 Å². The van der Waals surface area contributed by atoms with Crippen molar-refractivity contribution in [3.8, 4) is 0 Å². The molecule has 0 heterocycles. The average Bonchev–Trinajstić information content (AvgIpc) is 3.22. The van der Waals surface area contributed by atoms with Crippen molar-refractivity contribution in [1.82, 2.24) is 5.32 Å². The van der Waals surface area contributed by atoms with Gasteiger partial charge >= 0.3 is 0 Å². The molecule has 0 spiro atoms. The number of nitrogens with zero attached hydrogens (tertiary/aromatic N) is 1. The van der Waals surface area contributed by atoms with Crippen LogP contribution in [0.4, 0.5) is 0 Å². The van der Waals surface area contributed by atoms with Crippen LogP contribution in [0.1, 0.15) is 44.2 Å². The van der Waals surface area contributed by atoms with Crippen molar-refractivity contribution < 1.29 is 5.21 Å². The van der Waals surface area contributed by atoms with Crippen LogP contribution in [0.3, 0.4) is 0 Å². The largest absolute Gasteiger partial charge is 0.409 e. The van der Waals surface area contributed by atoms with E-state index in [4.69, 9.17) is 10.9 Å². The van der Waals surface area contributed by atoms with E-state index in [2.05, 4.69) is 29.5 Å². The minimum Gasteiger partial charge on any atom is -0.409 e. The van der Waals surface area contributed by atoms with Crippen LogP contribution >= 0.6 is 0 Å². The second-order valence-corrected chi connectivity index (χ2v) is 5.51. The van der Waals surface area contributed by atoms with E-state index in [-0.39, 0.29) is 11.9 Å². The highest BCUT2D eigenvalue weighted by Crippen LogP contribution is 2.34. The van der Waals surface area contributed by atoms with Crippen molar-refractivity contribution >= 4 is 5.84 Å². The van der Waals surface area contributed by atoms with Gasteiger partial charge in [0.2, 0.25) is 0 Å². The van der Waals surface area contributed by atoms with Crippen LogP contribution < -0.4 is 11.1 Å². The summed E-state index contributed by atoms with van der Waals surface area (Å²) in [5, 5.41) is 15.4. The molecule has 1 aromatic rings. The Morgan fingerprint density at radius 1 is 1.42 bits per heavy atom. The van der Waals surface area contributed by atoms with Gasteiger partial charge in [-0.1, -0.05) is 48.3 Å². The van der Waals surface area contributed by atoms with Gasteiger partial charge in [-0.3, -0.25) is 0 Å². The molecular formula is C15H23N3O. The zero-order chi connectivity index (χ0) is 13.7. The first kappa shape index (κ1) is 13.9. The summed E-state index contributed by atoms with van der Waals surface area (Å²) in [6.07, 6.45) is 4.46. The molecule has 0 bridgehead atoms. The van der Waals surface area contributed by atoms with Gasteiger partial charge < -0.3 is 16.3 Å². The molecule has 2 atom stereocenters. The zero-order valence-electron chi connectivity index (χ0n) is 11.4. The second kappa shape index (κ2) is 6.57. The summed E-state index contributed by atoms with van der Waals surface area (Å²) >= 11 is 0. The van der Waals surface area contributed by atoms with Gasteiger partial charge in [-0.2, -0.15) is 0 Å². The molecule has 19 heavy (non-hydrogen) atoms. The number of nitrogens with two attached hydrogens (primary N) is 1. The third-order valence-electron chi connectivity index (χ3n) is 3.61.